The Morgan fingerprint density at radius 1 is 1.59 bits per heavy atom. The molecule has 0 bridgehead atoms. The van der Waals surface area contributed by atoms with E-state index in [4.69, 9.17) is 22.5 Å². The fourth-order valence-electron chi connectivity index (χ4n) is 2.02. The largest absolute Gasteiger partial charge is 0.409 e. The van der Waals surface area contributed by atoms with Gasteiger partial charge in [0.05, 0.1) is 0 Å². The normalized spacial score (nSPS) is 16.0. The summed E-state index contributed by atoms with van der Waals surface area (Å²) in [5.41, 5.74) is 7.36. The van der Waals surface area contributed by atoms with Crippen LogP contribution in [-0.4, -0.2) is 23.6 Å². The van der Waals surface area contributed by atoms with Crippen molar-refractivity contribution in [1.82, 2.24) is 0 Å². The summed E-state index contributed by atoms with van der Waals surface area (Å²) in [7, 11) is 0. The highest BCUT2D eigenvalue weighted by molar-refractivity contribution is 6.31. The predicted molar refractivity (Wildman–Crippen MR) is 70.0 cm³/mol. The quantitative estimate of drug-likeness (QED) is 0.375. The van der Waals surface area contributed by atoms with Crippen molar-refractivity contribution in [1.29, 1.82) is 0 Å². The van der Waals surface area contributed by atoms with Crippen LogP contribution in [0.2, 0.25) is 5.02 Å². The molecule has 2 rings (SSSR count). The van der Waals surface area contributed by atoms with Crippen LogP contribution in [0.25, 0.3) is 0 Å². The van der Waals surface area contributed by atoms with Crippen molar-refractivity contribution in [2.24, 2.45) is 10.9 Å². The fourth-order valence-corrected chi connectivity index (χ4v) is 2.19. The molecule has 4 nitrogen and oxygen atoms in total. The third kappa shape index (κ3) is 2.47. The minimum atomic E-state index is 0.121. The second-order valence-corrected chi connectivity index (χ2v) is 4.60. The first-order chi connectivity index (χ1) is 8.17. The minimum absolute atomic E-state index is 0.121. The van der Waals surface area contributed by atoms with Gasteiger partial charge in [-0.15, -0.1) is 0 Å². The Hall–Kier alpha value is -1.42. The van der Waals surface area contributed by atoms with Gasteiger partial charge in [-0.1, -0.05) is 16.8 Å². The molecule has 92 valence electrons. The maximum atomic E-state index is 8.80. The Balaban J connectivity index is 2.45. The highest BCUT2D eigenvalue weighted by atomic mass is 35.5. The molecule has 1 aromatic rings. The van der Waals surface area contributed by atoms with Gasteiger partial charge < -0.3 is 15.8 Å². The van der Waals surface area contributed by atoms with Crippen molar-refractivity contribution < 1.29 is 5.21 Å². The summed E-state index contributed by atoms with van der Waals surface area (Å²) < 4.78 is 0. The van der Waals surface area contributed by atoms with Crippen LogP contribution in [0.5, 0.6) is 0 Å². The lowest BCUT2D eigenvalue weighted by Crippen LogP contribution is -2.28. The summed E-state index contributed by atoms with van der Waals surface area (Å²) in [6, 6.07) is 5.97. The Kier molecular flexibility index (Phi) is 3.43. The molecular weight excluding hydrogens is 238 g/mol. The Bertz CT molecular complexity index is 443. The topological polar surface area (TPSA) is 61.8 Å². The van der Waals surface area contributed by atoms with Crippen LogP contribution in [0.15, 0.2) is 23.4 Å². The molecule has 1 aliphatic carbocycles. The lowest BCUT2D eigenvalue weighted by atomic mass is 10.1. The number of hydrogen-bond acceptors (Lipinski definition) is 3. The van der Waals surface area contributed by atoms with Crippen LogP contribution in [0, 0.1) is 0 Å². The molecule has 17 heavy (non-hydrogen) atoms. The summed E-state index contributed by atoms with van der Waals surface area (Å²) in [6.07, 6.45) is 2.38. The Labute approximate surface area is 106 Å². The number of halogens is 1. The van der Waals surface area contributed by atoms with Crippen LogP contribution in [0.4, 0.5) is 5.69 Å². The van der Waals surface area contributed by atoms with Gasteiger partial charge in [-0.25, -0.2) is 0 Å². The molecule has 0 saturated heterocycles. The van der Waals surface area contributed by atoms with Gasteiger partial charge in [-0.2, -0.15) is 0 Å². The van der Waals surface area contributed by atoms with Gasteiger partial charge in [0.25, 0.3) is 0 Å². The monoisotopic (exact) mass is 253 g/mol. The van der Waals surface area contributed by atoms with Crippen molar-refractivity contribution >= 4 is 23.1 Å². The van der Waals surface area contributed by atoms with Gasteiger partial charge in [0.1, 0.15) is 0 Å². The first-order valence-corrected chi connectivity index (χ1v) is 6.09. The van der Waals surface area contributed by atoms with Crippen molar-refractivity contribution in [3.63, 3.8) is 0 Å². The number of nitrogens with zero attached hydrogens (tertiary/aromatic N) is 2. The number of hydrogen-bond donors (Lipinski definition) is 2. The maximum Gasteiger partial charge on any atom is 0.172 e. The second-order valence-electron chi connectivity index (χ2n) is 4.16. The average Bonchev–Trinajstić information content (AvgIpc) is 3.14. The first-order valence-electron chi connectivity index (χ1n) is 5.71. The first kappa shape index (κ1) is 12.0. The standard InChI is InChI=1S/C12H16ClN3O/c1-2-16(9-4-5-9)11-7-8(13)3-6-10(11)12(14)15-17/h3,6-7,9,17H,2,4-5H2,1H3,(H2,14,15). The molecule has 0 heterocycles. The predicted octanol–water partition coefficient (Wildman–Crippen LogP) is 2.42. The van der Waals surface area contributed by atoms with E-state index in [1.54, 1.807) is 12.1 Å². The second kappa shape index (κ2) is 4.84. The zero-order valence-electron chi connectivity index (χ0n) is 9.73. The molecule has 1 aliphatic rings. The minimum Gasteiger partial charge on any atom is -0.409 e. The summed E-state index contributed by atoms with van der Waals surface area (Å²) in [5.74, 6) is 0.121. The average molecular weight is 254 g/mol. The van der Waals surface area contributed by atoms with E-state index >= 15 is 0 Å². The molecule has 0 atom stereocenters. The van der Waals surface area contributed by atoms with Gasteiger partial charge in [0.2, 0.25) is 0 Å². The van der Waals surface area contributed by atoms with Crippen molar-refractivity contribution in [2.75, 3.05) is 11.4 Å². The fraction of sp³-hybridized carbons (Fsp3) is 0.417. The van der Waals surface area contributed by atoms with E-state index in [9.17, 15) is 0 Å². The highest BCUT2D eigenvalue weighted by Crippen LogP contribution is 2.34. The Morgan fingerprint density at radius 3 is 2.82 bits per heavy atom. The van der Waals surface area contributed by atoms with Crippen LogP contribution in [0.3, 0.4) is 0 Å². The molecule has 0 aromatic heterocycles. The molecule has 0 radical (unpaired) electrons. The SMILES string of the molecule is CCN(c1cc(Cl)ccc1C(N)=NO)C1CC1. The van der Waals surface area contributed by atoms with Gasteiger partial charge >= 0.3 is 0 Å². The molecule has 1 aromatic carbocycles. The number of anilines is 1. The molecule has 3 N–H and O–H groups in total. The molecule has 0 unspecified atom stereocenters. The highest BCUT2D eigenvalue weighted by Gasteiger charge is 2.29. The zero-order chi connectivity index (χ0) is 12.4. The van der Waals surface area contributed by atoms with E-state index in [0.717, 1.165) is 17.8 Å². The summed E-state index contributed by atoms with van der Waals surface area (Å²) >= 11 is 6.02. The van der Waals surface area contributed by atoms with Crippen molar-refractivity contribution in [2.45, 2.75) is 25.8 Å². The van der Waals surface area contributed by atoms with E-state index in [0.29, 0.717) is 11.1 Å². The Morgan fingerprint density at radius 2 is 2.29 bits per heavy atom. The number of rotatable bonds is 4. The molecular formula is C12H16ClN3O. The van der Waals surface area contributed by atoms with E-state index in [1.165, 1.54) is 12.8 Å². The van der Waals surface area contributed by atoms with Crippen molar-refractivity contribution in [3.8, 4) is 0 Å². The summed E-state index contributed by atoms with van der Waals surface area (Å²) in [6.45, 7) is 2.98. The molecule has 0 aliphatic heterocycles. The lowest BCUT2D eigenvalue weighted by molar-refractivity contribution is 0.318. The molecule has 0 spiro atoms. The van der Waals surface area contributed by atoms with E-state index < -0.39 is 0 Å². The zero-order valence-corrected chi connectivity index (χ0v) is 10.5. The third-order valence-corrected chi connectivity index (χ3v) is 3.22. The number of benzene rings is 1. The number of oxime groups is 1. The maximum absolute atomic E-state index is 8.80. The van der Waals surface area contributed by atoms with Gasteiger partial charge in [0, 0.05) is 28.9 Å². The number of nitrogens with two attached hydrogens (primary N) is 1. The summed E-state index contributed by atoms with van der Waals surface area (Å²) in [5, 5.41) is 12.5. The van der Waals surface area contributed by atoms with Crippen LogP contribution in [-0.2, 0) is 0 Å². The molecule has 1 fully saturated rings. The van der Waals surface area contributed by atoms with Crippen LogP contribution >= 0.6 is 11.6 Å². The van der Waals surface area contributed by atoms with E-state index in [-0.39, 0.29) is 5.84 Å². The van der Waals surface area contributed by atoms with Gasteiger partial charge in [-0.3, -0.25) is 0 Å². The van der Waals surface area contributed by atoms with Crippen molar-refractivity contribution in [3.05, 3.63) is 28.8 Å². The smallest absolute Gasteiger partial charge is 0.172 e. The van der Waals surface area contributed by atoms with Crippen LogP contribution < -0.4 is 10.6 Å². The molecule has 0 amide bonds. The van der Waals surface area contributed by atoms with E-state index in [1.807, 2.05) is 6.07 Å². The van der Waals surface area contributed by atoms with Gasteiger partial charge in [-0.05, 0) is 38.0 Å². The van der Waals surface area contributed by atoms with E-state index in [2.05, 4.69) is 17.0 Å². The summed E-state index contributed by atoms with van der Waals surface area (Å²) in [4.78, 5) is 2.25. The lowest BCUT2D eigenvalue weighted by Gasteiger charge is -2.25. The van der Waals surface area contributed by atoms with Crippen LogP contribution in [0.1, 0.15) is 25.3 Å². The molecule has 1 saturated carbocycles. The number of amidine groups is 1. The molecule has 5 heteroatoms. The third-order valence-electron chi connectivity index (χ3n) is 2.98. The van der Waals surface area contributed by atoms with Gasteiger partial charge in [0.15, 0.2) is 5.84 Å².